The van der Waals surface area contributed by atoms with E-state index in [1.165, 1.54) is 0 Å². The first-order valence-electron chi connectivity index (χ1n) is 5.70. The Morgan fingerprint density at radius 1 is 1.33 bits per heavy atom. The molecule has 7 heteroatoms. The molecule has 1 fully saturated rings. The average molecular weight is 311 g/mol. The number of halogens is 1. The van der Waals surface area contributed by atoms with Crippen LogP contribution >= 0.6 is 15.9 Å². The van der Waals surface area contributed by atoms with Gasteiger partial charge in [-0.3, -0.25) is 0 Å². The highest BCUT2D eigenvalue weighted by molar-refractivity contribution is 9.10. The molecule has 1 aliphatic rings. The van der Waals surface area contributed by atoms with Crippen molar-refractivity contribution in [3.05, 3.63) is 22.4 Å². The zero-order valence-corrected chi connectivity index (χ0v) is 11.1. The molecule has 0 bridgehead atoms. The Morgan fingerprint density at radius 3 is 2.72 bits per heavy atom. The van der Waals surface area contributed by atoms with Gasteiger partial charge in [0.05, 0.1) is 0 Å². The van der Waals surface area contributed by atoms with E-state index in [0.29, 0.717) is 10.3 Å². The summed E-state index contributed by atoms with van der Waals surface area (Å²) in [5.41, 5.74) is 0.598. The fourth-order valence-corrected chi connectivity index (χ4v) is 2.58. The highest BCUT2D eigenvalue weighted by Crippen LogP contribution is 2.23. The number of hydrogen-bond donors (Lipinski definition) is 1. The number of aromatic carboxylic acids is 1. The van der Waals surface area contributed by atoms with Crippen LogP contribution in [0.15, 0.2) is 16.7 Å². The summed E-state index contributed by atoms with van der Waals surface area (Å²) in [5.74, 6) is -0.226. The van der Waals surface area contributed by atoms with E-state index in [2.05, 4.69) is 30.9 Å². The molecular formula is C11H11BrN4O2. The largest absolute Gasteiger partial charge is 0.477 e. The molecular weight excluding hydrogens is 300 g/mol. The van der Waals surface area contributed by atoms with Crippen LogP contribution in [-0.2, 0) is 0 Å². The van der Waals surface area contributed by atoms with Crippen LogP contribution in [0, 0.1) is 0 Å². The quantitative estimate of drug-likeness (QED) is 0.915. The van der Waals surface area contributed by atoms with Crippen molar-refractivity contribution in [2.75, 3.05) is 18.0 Å². The predicted octanol–water partition coefficient (Wildman–Crippen LogP) is 1.79. The van der Waals surface area contributed by atoms with E-state index in [-0.39, 0.29) is 5.69 Å². The van der Waals surface area contributed by atoms with Gasteiger partial charge in [-0.25, -0.2) is 9.78 Å². The van der Waals surface area contributed by atoms with Crippen molar-refractivity contribution >= 4 is 33.4 Å². The summed E-state index contributed by atoms with van der Waals surface area (Å²) in [6.07, 6.45) is 2.24. The summed E-state index contributed by atoms with van der Waals surface area (Å²) in [7, 11) is 0. The zero-order valence-electron chi connectivity index (χ0n) is 9.51. The lowest BCUT2D eigenvalue weighted by Gasteiger charge is -2.18. The minimum atomic E-state index is -1.02. The Labute approximate surface area is 111 Å². The molecule has 3 heterocycles. The monoisotopic (exact) mass is 310 g/mol. The van der Waals surface area contributed by atoms with Crippen LogP contribution < -0.4 is 4.90 Å². The van der Waals surface area contributed by atoms with E-state index in [9.17, 15) is 4.79 Å². The Kier molecular flexibility index (Phi) is 2.70. The molecule has 1 N–H and O–H groups in total. The number of aromatic nitrogens is 3. The number of nitrogens with zero attached hydrogens (tertiary/aromatic N) is 4. The fraction of sp³-hybridized carbons (Fsp3) is 0.364. The second-order valence-electron chi connectivity index (χ2n) is 4.24. The van der Waals surface area contributed by atoms with Crippen molar-refractivity contribution in [1.82, 2.24) is 14.6 Å². The fourth-order valence-electron chi connectivity index (χ4n) is 2.21. The lowest BCUT2D eigenvalue weighted by molar-refractivity contribution is 0.0690. The molecule has 0 aliphatic carbocycles. The molecule has 1 saturated heterocycles. The van der Waals surface area contributed by atoms with Gasteiger partial charge in [0.15, 0.2) is 11.3 Å². The van der Waals surface area contributed by atoms with Gasteiger partial charge >= 0.3 is 5.97 Å². The molecule has 0 saturated carbocycles. The maximum atomic E-state index is 11.1. The number of anilines is 1. The Balaban J connectivity index is 2.22. The summed E-state index contributed by atoms with van der Waals surface area (Å²) < 4.78 is 2.33. The van der Waals surface area contributed by atoms with Crippen molar-refractivity contribution in [3.63, 3.8) is 0 Å². The molecule has 0 spiro atoms. The third-order valence-electron chi connectivity index (χ3n) is 3.03. The van der Waals surface area contributed by atoms with Gasteiger partial charge in [0, 0.05) is 25.2 Å². The van der Waals surface area contributed by atoms with Crippen LogP contribution in [0.3, 0.4) is 0 Å². The summed E-state index contributed by atoms with van der Waals surface area (Å²) in [6, 6.07) is 3.30. The van der Waals surface area contributed by atoms with E-state index < -0.39 is 5.97 Å². The molecule has 6 nitrogen and oxygen atoms in total. The van der Waals surface area contributed by atoms with Gasteiger partial charge in [0.1, 0.15) is 10.4 Å². The molecule has 94 valence electrons. The highest BCUT2D eigenvalue weighted by atomic mass is 79.9. The van der Waals surface area contributed by atoms with Crippen LogP contribution in [0.2, 0.25) is 0 Å². The Bertz CT molecular complexity index is 619. The van der Waals surface area contributed by atoms with Crippen LogP contribution in [0.1, 0.15) is 23.3 Å². The van der Waals surface area contributed by atoms with Gasteiger partial charge in [0.25, 0.3) is 0 Å². The van der Waals surface area contributed by atoms with Crippen LogP contribution in [0.5, 0.6) is 0 Å². The number of carboxylic acid groups (broad SMARTS) is 1. The van der Waals surface area contributed by atoms with Gasteiger partial charge in [-0.2, -0.15) is 9.61 Å². The van der Waals surface area contributed by atoms with Crippen molar-refractivity contribution in [2.24, 2.45) is 0 Å². The third kappa shape index (κ3) is 1.84. The summed E-state index contributed by atoms with van der Waals surface area (Å²) in [4.78, 5) is 17.3. The van der Waals surface area contributed by atoms with E-state index in [1.807, 2.05) is 0 Å². The minimum absolute atomic E-state index is 0.0526. The second-order valence-corrected chi connectivity index (χ2v) is 5.05. The lowest BCUT2D eigenvalue weighted by atomic mass is 10.3. The number of carbonyl (C=O) groups is 1. The standard InChI is InChI=1S/C11H11BrN4O2/c12-8-6-9-13-7(11(17)18)5-10(16(9)14-8)15-3-1-2-4-15/h5-6H,1-4H2,(H,17,18). The molecule has 2 aromatic rings. The molecule has 0 amide bonds. The number of carboxylic acids is 1. The van der Waals surface area contributed by atoms with E-state index >= 15 is 0 Å². The normalized spacial score (nSPS) is 15.5. The number of hydrogen-bond acceptors (Lipinski definition) is 4. The van der Waals surface area contributed by atoms with Gasteiger partial charge in [-0.05, 0) is 28.8 Å². The van der Waals surface area contributed by atoms with E-state index in [0.717, 1.165) is 31.7 Å². The summed E-state index contributed by atoms with van der Waals surface area (Å²) >= 11 is 3.29. The Morgan fingerprint density at radius 2 is 2.06 bits per heavy atom. The maximum Gasteiger partial charge on any atom is 0.354 e. The molecule has 18 heavy (non-hydrogen) atoms. The smallest absolute Gasteiger partial charge is 0.354 e. The number of fused-ring (bicyclic) bond motifs is 1. The van der Waals surface area contributed by atoms with E-state index in [4.69, 9.17) is 5.11 Å². The topological polar surface area (TPSA) is 70.7 Å². The number of rotatable bonds is 2. The molecule has 3 rings (SSSR count). The molecule has 0 radical (unpaired) electrons. The minimum Gasteiger partial charge on any atom is -0.477 e. The molecule has 2 aromatic heterocycles. The van der Waals surface area contributed by atoms with Crippen LogP contribution in [0.4, 0.5) is 5.82 Å². The summed E-state index contributed by atoms with van der Waals surface area (Å²) in [5, 5.41) is 13.4. The average Bonchev–Trinajstić information content (AvgIpc) is 2.94. The molecule has 0 unspecified atom stereocenters. The Hall–Kier alpha value is -1.63. The van der Waals surface area contributed by atoms with Gasteiger partial charge in [-0.1, -0.05) is 0 Å². The van der Waals surface area contributed by atoms with E-state index in [1.54, 1.807) is 16.6 Å². The SMILES string of the molecule is O=C(O)c1cc(N2CCCC2)n2nc(Br)cc2n1. The van der Waals surface area contributed by atoms with Gasteiger partial charge in [0.2, 0.25) is 0 Å². The lowest BCUT2D eigenvalue weighted by Crippen LogP contribution is -2.22. The van der Waals surface area contributed by atoms with Gasteiger partial charge < -0.3 is 10.0 Å². The maximum absolute atomic E-state index is 11.1. The summed E-state index contributed by atoms with van der Waals surface area (Å²) in [6.45, 7) is 1.85. The van der Waals surface area contributed by atoms with Crippen molar-refractivity contribution in [2.45, 2.75) is 12.8 Å². The third-order valence-corrected chi connectivity index (χ3v) is 3.42. The first kappa shape index (κ1) is 11.5. The van der Waals surface area contributed by atoms with Gasteiger partial charge in [-0.15, -0.1) is 0 Å². The van der Waals surface area contributed by atoms with Crippen LogP contribution in [-0.4, -0.2) is 38.8 Å². The van der Waals surface area contributed by atoms with Crippen LogP contribution in [0.25, 0.3) is 5.65 Å². The molecule has 1 aliphatic heterocycles. The van der Waals surface area contributed by atoms with Crippen molar-refractivity contribution in [3.8, 4) is 0 Å². The predicted molar refractivity (Wildman–Crippen MR) is 69.1 cm³/mol. The first-order valence-corrected chi connectivity index (χ1v) is 6.49. The van der Waals surface area contributed by atoms with Crippen molar-refractivity contribution < 1.29 is 9.90 Å². The molecule has 0 atom stereocenters. The second kappa shape index (κ2) is 4.24. The first-order chi connectivity index (χ1) is 8.65. The van der Waals surface area contributed by atoms with Crippen molar-refractivity contribution in [1.29, 1.82) is 0 Å². The zero-order chi connectivity index (χ0) is 12.7. The molecule has 0 aromatic carbocycles. The highest BCUT2D eigenvalue weighted by Gasteiger charge is 2.19.